The van der Waals surface area contributed by atoms with Gasteiger partial charge in [0.05, 0.1) is 18.3 Å². The molecule has 1 N–H and O–H groups in total. The van der Waals surface area contributed by atoms with Crippen molar-refractivity contribution in [1.82, 2.24) is 28.9 Å². The second-order valence-electron chi connectivity index (χ2n) is 7.54. The van der Waals surface area contributed by atoms with Gasteiger partial charge in [-0.3, -0.25) is 19.0 Å². The second kappa shape index (κ2) is 6.54. The molecule has 0 unspecified atom stereocenters. The predicted octanol–water partition coefficient (Wildman–Crippen LogP) is 1.88. The molecule has 3 heterocycles. The molecule has 1 aliphatic rings. The van der Waals surface area contributed by atoms with Gasteiger partial charge in [-0.05, 0) is 36.5 Å². The van der Waals surface area contributed by atoms with Crippen LogP contribution >= 0.6 is 0 Å². The Hall–Kier alpha value is -3.49. The standard InChI is InChI=1S/C20H19FN6O2/c1-25-16-17(24-20(29)27(19(16)28)10-12-5-6-12)23-18(25)14-8-22-26(11-14)9-13-3-2-4-15(21)7-13/h2-4,7-8,11-12H,5-6,9-10H2,1H3,(H,24,29). The summed E-state index contributed by atoms with van der Waals surface area (Å²) in [6, 6.07) is 6.34. The van der Waals surface area contributed by atoms with Gasteiger partial charge in [0.25, 0.3) is 5.56 Å². The molecule has 0 bridgehead atoms. The molecule has 1 saturated carbocycles. The van der Waals surface area contributed by atoms with E-state index in [1.807, 2.05) is 6.07 Å². The first-order valence-corrected chi connectivity index (χ1v) is 9.46. The van der Waals surface area contributed by atoms with E-state index in [4.69, 9.17) is 0 Å². The zero-order valence-electron chi connectivity index (χ0n) is 15.8. The number of H-pyrrole nitrogens is 1. The molecule has 0 spiro atoms. The number of rotatable bonds is 5. The van der Waals surface area contributed by atoms with Gasteiger partial charge in [-0.25, -0.2) is 14.2 Å². The lowest BCUT2D eigenvalue weighted by molar-refractivity contribution is 0.579. The summed E-state index contributed by atoms with van der Waals surface area (Å²) in [4.78, 5) is 32.4. The molecule has 0 radical (unpaired) electrons. The Bertz CT molecular complexity index is 1340. The van der Waals surface area contributed by atoms with E-state index in [1.165, 1.54) is 16.7 Å². The average Bonchev–Trinajstić information content (AvgIpc) is 3.29. The number of hydrogen-bond donors (Lipinski definition) is 1. The van der Waals surface area contributed by atoms with Gasteiger partial charge >= 0.3 is 5.69 Å². The van der Waals surface area contributed by atoms with Crippen molar-refractivity contribution in [1.29, 1.82) is 0 Å². The molecular formula is C20H19FN6O2. The quantitative estimate of drug-likeness (QED) is 0.560. The lowest BCUT2D eigenvalue weighted by Gasteiger charge is -2.04. The van der Waals surface area contributed by atoms with E-state index in [0.29, 0.717) is 35.9 Å². The van der Waals surface area contributed by atoms with Gasteiger partial charge in [0, 0.05) is 19.8 Å². The lowest BCUT2D eigenvalue weighted by Crippen LogP contribution is -2.36. The molecule has 3 aromatic heterocycles. The summed E-state index contributed by atoms with van der Waals surface area (Å²) in [5.41, 5.74) is 1.36. The summed E-state index contributed by atoms with van der Waals surface area (Å²) < 4.78 is 18.0. The zero-order chi connectivity index (χ0) is 20.1. The molecule has 1 fully saturated rings. The molecule has 148 valence electrons. The molecule has 1 aliphatic carbocycles. The molecule has 5 rings (SSSR count). The zero-order valence-corrected chi connectivity index (χ0v) is 15.8. The number of aromatic amines is 1. The van der Waals surface area contributed by atoms with E-state index in [1.54, 1.807) is 34.8 Å². The molecule has 1 aromatic carbocycles. The number of halogens is 1. The summed E-state index contributed by atoms with van der Waals surface area (Å²) in [5, 5.41) is 4.32. The van der Waals surface area contributed by atoms with Crippen molar-refractivity contribution in [3.05, 3.63) is 68.9 Å². The molecule has 0 amide bonds. The van der Waals surface area contributed by atoms with Gasteiger partial charge in [-0.15, -0.1) is 0 Å². The molecule has 8 nitrogen and oxygen atoms in total. The fraction of sp³-hybridized carbons (Fsp3) is 0.300. The van der Waals surface area contributed by atoms with Crippen LogP contribution in [0.3, 0.4) is 0 Å². The maximum absolute atomic E-state index is 13.4. The van der Waals surface area contributed by atoms with Gasteiger partial charge in [0.1, 0.15) is 11.6 Å². The third kappa shape index (κ3) is 3.18. The first-order valence-electron chi connectivity index (χ1n) is 9.46. The van der Waals surface area contributed by atoms with Crippen LogP contribution < -0.4 is 11.2 Å². The summed E-state index contributed by atoms with van der Waals surface area (Å²) in [7, 11) is 1.75. The Kier molecular flexibility index (Phi) is 3.97. The van der Waals surface area contributed by atoms with Crippen LogP contribution in [0.4, 0.5) is 4.39 Å². The second-order valence-corrected chi connectivity index (χ2v) is 7.54. The molecule has 0 saturated heterocycles. The highest BCUT2D eigenvalue weighted by molar-refractivity contribution is 5.75. The molecular weight excluding hydrogens is 375 g/mol. The van der Waals surface area contributed by atoms with E-state index in [9.17, 15) is 14.0 Å². The molecule has 29 heavy (non-hydrogen) atoms. The number of imidazole rings is 1. The van der Waals surface area contributed by atoms with Crippen molar-refractivity contribution in [2.75, 3.05) is 0 Å². The number of nitrogens with zero attached hydrogens (tertiary/aromatic N) is 5. The smallest absolute Gasteiger partial charge is 0.321 e. The van der Waals surface area contributed by atoms with Gasteiger partial charge in [-0.2, -0.15) is 5.10 Å². The van der Waals surface area contributed by atoms with Gasteiger partial charge < -0.3 is 4.57 Å². The van der Waals surface area contributed by atoms with Crippen LogP contribution in [0.15, 0.2) is 46.2 Å². The highest BCUT2D eigenvalue weighted by atomic mass is 19.1. The van der Waals surface area contributed by atoms with Crippen LogP contribution in [0.1, 0.15) is 18.4 Å². The minimum atomic E-state index is -0.430. The summed E-state index contributed by atoms with van der Waals surface area (Å²) in [6.45, 7) is 0.850. The van der Waals surface area contributed by atoms with Crippen LogP contribution in [-0.4, -0.2) is 28.9 Å². The van der Waals surface area contributed by atoms with Crippen molar-refractivity contribution in [3.63, 3.8) is 0 Å². The first kappa shape index (κ1) is 17.6. The van der Waals surface area contributed by atoms with E-state index in [0.717, 1.165) is 18.4 Å². The monoisotopic (exact) mass is 394 g/mol. The van der Waals surface area contributed by atoms with Crippen LogP contribution in [0.5, 0.6) is 0 Å². The Labute approximate surface area is 164 Å². The van der Waals surface area contributed by atoms with Gasteiger partial charge in [0.2, 0.25) is 0 Å². The molecule has 4 aromatic rings. The highest BCUT2D eigenvalue weighted by Gasteiger charge is 2.25. The van der Waals surface area contributed by atoms with E-state index in [2.05, 4.69) is 15.1 Å². The number of nitrogens with one attached hydrogen (secondary N) is 1. The van der Waals surface area contributed by atoms with Crippen molar-refractivity contribution in [3.8, 4) is 11.4 Å². The normalized spacial score (nSPS) is 14.0. The molecule has 0 aliphatic heterocycles. The van der Waals surface area contributed by atoms with Crippen molar-refractivity contribution < 1.29 is 4.39 Å². The molecule has 9 heteroatoms. The van der Waals surface area contributed by atoms with Crippen LogP contribution in [0, 0.1) is 11.7 Å². The topological polar surface area (TPSA) is 90.5 Å². The Morgan fingerprint density at radius 2 is 2.10 bits per heavy atom. The van der Waals surface area contributed by atoms with Crippen molar-refractivity contribution in [2.24, 2.45) is 13.0 Å². The van der Waals surface area contributed by atoms with Crippen LogP contribution in [-0.2, 0) is 20.1 Å². The van der Waals surface area contributed by atoms with E-state index < -0.39 is 5.69 Å². The third-order valence-corrected chi connectivity index (χ3v) is 5.28. The van der Waals surface area contributed by atoms with Gasteiger partial charge in [0.15, 0.2) is 11.2 Å². The third-order valence-electron chi connectivity index (χ3n) is 5.28. The predicted molar refractivity (Wildman–Crippen MR) is 105 cm³/mol. The maximum atomic E-state index is 13.4. The summed E-state index contributed by atoms with van der Waals surface area (Å²) >= 11 is 0. The minimum Gasteiger partial charge on any atom is -0.321 e. The van der Waals surface area contributed by atoms with Crippen molar-refractivity contribution >= 4 is 11.2 Å². The molecule has 0 atom stereocenters. The minimum absolute atomic E-state index is 0.266. The first-order chi connectivity index (χ1) is 14.0. The summed E-state index contributed by atoms with van der Waals surface area (Å²) in [5.74, 6) is 0.638. The number of fused-ring (bicyclic) bond motifs is 1. The van der Waals surface area contributed by atoms with Crippen LogP contribution in [0.2, 0.25) is 0 Å². The van der Waals surface area contributed by atoms with Gasteiger partial charge in [-0.1, -0.05) is 12.1 Å². The number of hydrogen-bond acceptors (Lipinski definition) is 4. The number of benzene rings is 1. The fourth-order valence-corrected chi connectivity index (χ4v) is 3.59. The SMILES string of the molecule is Cn1c(-c2cnn(Cc3cccc(F)c3)c2)nc2[nH]c(=O)n(CC3CC3)c(=O)c21. The largest absolute Gasteiger partial charge is 0.330 e. The Morgan fingerprint density at radius 3 is 2.86 bits per heavy atom. The number of aromatic nitrogens is 6. The van der Waals surface area contributed by atoms with E-state index >= 15 is 0 Å². The van der Waals surface area contributed by atoms with Crippen molar-refractivity contribution in [2.45, 2.75) is 25.9 Å². The van der Waals surface area contributed by atoms with Crippen LogP contribution in [0.25, 0.3) is 22.6 Å². The lowest BCUT2D eigenvalue weighted by atomic mass is 10.2. The summed E-state index contributed by atoms with van der Waals surface area (Å²) in [6.07, 6.45) is 5.52. The maximum Gasteiger partial charge on any atom is 0.330 e. The number of aryl methyl sites for hydroxylation is 1. The van der Waals surface area contributed by atoms with E-state index in [-0.39, 0.29) is 17.0 Å². The highest BCUT2D eigenvalue weighted by Crippen LogP contribution is 2.29. The average molecular weight is 394 g/mol. The Balaban J connectivity index is 1.53. The fourth-order valence-electron chi connectivity index (χ4n) is 3.59. The Morgan fingerprint density at radius 1 is 1.28 bits per heavy atom.